The van der Waals surface area contributed by atoms with Gasteiger partial charge in [0.25, 0.3) is 0 Å². The van der Waals surface area contributed by atoms with Crippen LogP contribution in [0.15, 0.2) is 76.4 Å². The van der Waals surface area contributed by atoms with Crippen molar-refractivity contribution in [2.75, 3.05) is 0 Å². The van der Waals surface area contributed by atoms with Gasteiger partial charge in [-0.05, 0) is 42.0 Å². The summed E-state index contributed by atoms with van der Waals surface area (Å²) in [6.07, 6.45) is 1.54. The maximum atomic E-state index is 13.3. The monoisotopic (exact) mass is 438 g/mol. The van der Waals surface area contributed by atoms with E-state index in [9.17, 15) is 4.39 Å². The molecule has 0 bridgehead atoms. The molecule has 28 heavy (non-hydrogen) atoms. The Morgan fingerprint density at radius 1 is 1.04 bits per heavy atom. The quantitative estimate of drug-likeness (QED) is 0.356. The molecule has 0 spiro atoms. The minimum absolute atomic E-state index is 0.188. The van der Waals surface area contributed by atoms with Gasteiger partial charge in [0.05, 0.1) is 17.8 Å². The Morgan fingerprint density at radius 2 is 1.89 bits per heavy atom. The molecule has 4 nitrogen and oxygen atoms in total. The lowest BCUT2D eigenvalue weighted by Crippen LogP contribution is -1.99. The number of ether oxygens (including phenoxy) is 1. The first-order valence-electron chi connectivity index (χ1n) is 8.46. The highest BCUT2D eigenvalue weighted by Crippen LogP contribution is 2.23. The normalized spacial score (nSPS) is 10.6. The summed E-state index contributed by atoms with van der Waals surface area (Å²) in [7, 11) is 0. The van der Waals surface area contributed by atoms with Crippen LogP contribution in [-0.4, -0.2) is 6.21 Å². The summed E-state index contributed by atoms with van der Waals surface area (Å²) in [6.45, 7) is 0.421. The van der Waals surface area contributed by atoms with Crippen molar-refractivity contribution >= 4 is 22.1 Å². The molecule has 3 aromatic carbocycles. The van der Waals surface area contributed by atoms with E-state index in [2.05, 4.69) is 27.2 Å². The van der Waals surface area contributed by atoms with Crippen molar-refractivity contribution in [3.05, 3.63) is 99.3 Å². The Kier molecular flexibility index (Phi) is 6.77. The number of benzene rings is 3. The van der Waals surface area contributed by atoms with E-state index in [4.69, 9.17) is 14.8 Å². The standard InChI is InChI=1S/C22H16BrFN2O2/c23-20-8-9-22(27-14-16-4-3-7-21(24)10-16)19(11-20)13-26-28-15-18-6-2-1-5-17(18)12-25/h1-11,13H,14-15H2/b26-13-. The second-order valence-corrected chi connectivity index (χ2v) is 6.79. The van der Waals surface area contributed by atoms with E-state index in [0.717, 1.165) is 15.6 Å². The first kappa shape index (κ1) is 19.6. The van der Waals surface area contributed by atoms with Gasteiger partial charge in [-0.2, -0.15) is 5.26 Å². The van der Waals surface area contributed by atoms with Crippen LogP contribution in [0.1, 0.15) is 22.3 Å². The van der Waals surface area contributed by atoms with E-state index >= 15 is 0 Å². The number of hydrogen-bond donors (Lipinski definition) is 0. The minimum atomic E-state index is -0.301. The second kappa shape index (κ2) is 9.67. The summed E-state index contributed by atoms with van der Waals surface area (Å²) in [4.78, 5) is 5.34. The molecule has 0 saturated carbocycles. The third kappa shape index (κ3) is 5.41. The molecule has 0 amide bonds. The SMILES string of the molecule is N#Cc1ccccc1CO/N=C\c1cc(Br)ccc1OCc1cccc(F)c1. The molecule has 0 aliphatic rings. The third-order valence-corrected chi connectivity index (χ3v) is 4.37. The Labute approximate surface area is 171 Å². The molecule has 0 N–H and O–H groups in total. The molecule has 0 heterocycles. The van der Waals surface area contributed by atoms with Gasteiger partial charge in [-0.3, -0.25) is 0 Å². The highest BCUT2D eigenvalue weighted by molar-refractivity contribution is 9.10. The minimum Gasteiger partial charge on any atom is -0.488 e. The summed E-state index contributed by atoms with van der Waals surface area (Å²) in [5, 5.41) is 13.1. The zero-order valence-electron chi connectivity index (χ0n) is 14.8. The molecule has 0 fully saturated rings. The van der Waals surface area contributed by atoms with Crippen LogP contribution in [0.5, 0.6) is 5.75 Å². The number of nitrogens with zero attached hydrogens (tertiary/aromatic N) is 2. The highest BCUT2D eigenvalue weighted by atomic mass is 79.9. The van der Waals surface area contributed by atoms with E-state index in [1.165, 1.54) is 12.1 Å². The van der Waals surface area contributed by atoms with Crippen LogP contribution in [0.2, 0.25) is 0 Å². The van der Waals surface area contributed by atoms with Gasteiger partial charge in [-0.15, -0.1) is 0 Å². The van der Waals surface area contributed by atoms with Crippen molar-refractivity contribution in [2.45, 2.75) is 13.2 Å². The van der Waals surface area contributed by atoms with E-state index in [0.29, 0.717) is 16.9 Å². The first-order valence-corrected chi connectivity index (χ1v) is 9.25. The lowest BCUT2D eigenvalue weighted by molar-refractivity contribution is 0.132. The number of halogens is 2. The average molecular weight is 439 g/mol. The van der Waals surface area contributed by atoms with Crippen LogP contribution < -0.4 is 4.74 Å². The van der Waals surface area contributed by atoms with Crippen molar-refractivity contribution < 1.29 is 14.0 Å². The molecule has 140 valence electrons. The fourth-order valence-electron chi connectivity index (χ4n) is 2.50. The number of oxime groups is 1. The van der Waals surface area contributed by atoms with E-state index in [-0.39, 0.29) is 19.0 Å². The second-order valence-electron chi connectivity index (χ2n) is 5.88. The fraction of sp³-hybridized carbons (Fsp3) is 0.0909. The van der Waals surface area contributed by atoms with Crippen molar-refractivity contribution in [3.8, 4) is 11.8 Å². The van der Waals surface area contributed by atoms with Crippen molar-refractivity contribution in [1.82, 2.24) is 0 Å². The van der Waals surface area contributed by atoms with Gasteiger partial charge in [0.15, 0.2) is 0 Å². The molecule has 0 atom stereocenters. The van der Waals surface area contributed by atoms with Gasteiger partial charge in [0, 0.05) is 15.6 Å². The zero-order valence-corrected chi connectivity index (χ0v) is 16.4. The van der Waals surface area contributed by atoms with Crippen LogP contribution in [0.3, 0.4) is 0 Å². The molecule has 3 aromatic rings. The van der Waals surface area contributed by atoms with Gasteiger partial charge in [0.1, 0.15) is 24.8 Å². The largest absolute Gasteiger partial charge is 0.488 e. The molecular formula is C22H16BrFN2O2. The summed E-state index contributed by atoms with van der Waals surface area (Å²) in [6, 6.07) is 21.1. The summed E-state index contributed by atoms with van der Waals surface area (Å²) >= 11 is 3.42. The summed E-state index contributed by atoms with van der Waals surface area (Å²) < 4.78 is 20.0. The molecule has 0 aliphatic carbocycles. The first-order chi connectivity index (χ1) is 13.7. The molecular weight excluding hydrogens is 423 g/mol. The smallest absolute Gasteiger partial charge is 0.143 e. The molecule has 6 heteroatoms. The molecule has 0 unspecified atom stereocenters. The summed E-state index contributed by atoms with van der Waals surface area (Å²) in [5.41, 5.74) is 2.76. The molecule has 0 radical (unpaired) electrons. The predicted octanol–water partition coefficient (Wildman–Crippen LogP) is 5.59. The van der Waals surface area contributed by atoms with Gasteiger partial charge < -0.3 is 9.57 Å². The maximum absolute atomic E-state index is 13.3. The lowest BCUT2D eigenvalue weighted by atomic mass is 10.1. The van der Waals surface area contributed by atoms with Crippen LogP contribution in [-0.2, 0) is 18.1 Å². The Morgan fingerprint density at radius 3 is 2.71 bits per heavy atom. The van der Waals surface area contributed by atoms with Gasteiger partial charge >= 0.3 is 0 Å². The molecule has 0 aliphatic heterocycles. The number of hydrogen-bond acceptors (Lipinski definition) is 4. The maximum Gasteiger partial charge on any atom is 0.143 e. The fourth-order valence-corrected chi connectivity index (χ4v) is 2.87. The van der Waals surface area contributed by atoms with Gasteiger partial charge in [-0.25, -0.2) is 4.39 Å². The number of rotatable bonds is 7. The molecule has 0 aromatic heterocycles. The van der Waals surface area contributed by atoms with Gasteiger partial charge in [0.2, 0.25) is 0 Å². The van der Waals surface area contributed by atoms with Crippen LogP contribution in [0.4, 0.5) is 4.39 Å². The van der Waals surface area contributed by atoms with E-state index in [1.807, 2.05) is 24.3 Å². The Balaban J connectivity index is 1.66. The van der Waals surface area contributed by atoms with Crippen LogP contribution in [0.25, 0.3) is 0 Å². The van der Waals surface area contributed by atoms with Crippen molar-refractivity contribution in [1.29, 1.82) is 5.26 Å². The summed E-state index contributed by atoms with van der Waals surface area (Å²) in [5.74, 6) is 0.293. The van der Waals surface area contributed by atoms with Crippen molar-refractivity contribution in [2.24, 2.45) is 5.16 Å². The van der Waals surface area contributed by atoms with Crippen molar-refractivity contribution in [3.63, 3.8) is 0 Å². The topological polar surface area (TPSA) is 54.6 Å². The predicted molar refractivity (Wildman–Crippen MR) is 108 cm³/mol. The lowest BCUT2D eigenvalue weighted by Gasteiger charge is -2.10. The third-order valence-electron chi connectivity index (χ3n) is 3.88. The number of nitriles is 1. The zero-order chi connectivity index (χ0) is 19.8. The molecule has 3 rings (SSSR count). The van der Waals surface area contributed by atoms with Crippen LogP contribution >= 0.6 is 15.9 Å². The Bertz CT molecular complexity index is 1030. The van der Waals surface area contributed by atoms with E-state index in [1.54, 1.807) is 36.5 Å². The van der Waals surface area contributed by atoms with E-state index < -0.39 is 0 Å². The Hall–Kier alpha value is -3.17. The molecule has 0 saturated heterocycles. The van der Waals surface area contributed by atoms with Crippen LogP contribution in [0, 0.1) is 17.1 Å². The highest BCUT2D eigenvalue weighted by Gasteiger charge is 2.05. The average Bonchev–Trinajstić information content (AvgIpc) is 2.71. The van der Waals surface area contributed by atoms with Gasteiger partial charge in [-0.1, -0.05) is 51.4 Å².